The minimum atomic E-state index is -0.322. The van der Waals surface area contributed by atoms with Gasteiger partial charge in [0.2, 0.25) is 0 Å². The van der Waals surface area contributed by atoms with Crippen molar-refractivity contribution < 1.29 is 9.84 Å². The number of rotatable bonds is 2. The molecule has 0 saturated heterocycles. The monoisotopic (exact) mass is 242 g/mol. The van der Waals surface area contributed by atoms with Crippen molar-refractivity contribution in [3.8, 4) is 5.75 Å². The summed E-state index contributed by atoms with van der Waals surface area (Å²) in [5.74, 6) is 0.888. The van der Waals surface area contributed by atoms with Crippen LogP contribution in [0.3, 0.4) is 0 Å². The zero-order chi connectivity index (χ0) is 12.4. The third-order valence-corrected chi connectivity index (χ3v) is 3.70. The van der Waals surface area contributed by atoms with Gasteiger partial charge in [0.1, 0.15) is 11.9 Å². The van der Waals surface area contributed by atoms with Crippen LogP contribution in [0.4, 0.5) is 0 Å². The van der Waals surface area contributed by atoms with Crippen LogP contribution in [0.1, 0.15) is 25.7 Å². The molecule has 0 unspecified atom stereocenters. The van der Waals surface area contributed by atoms with Crippen molar-refractivity contribution in [1.29, 1.82) is 0 Å². The molecule has 0 spiro atoms. The van der Waals surface area contributed by atoms with Crippen molar-refractivity contribution in [2.24, 2.45) is 0 Å². The average molecular weight is 242 g/mol. The van der Waals surface area contributed by atoms with Crippen LogP contribution in [0.15, 0.2) is 42.5 Å². The first-order chi connectivity index (χ1) is 8.84. The number of fused-ring (bicyclic) bond motifs is 1. The second-order valence-corrected chi connectivity index (χ2v) is 4.99. The summed E-state index contributed by atoms with van der Waals surface area (Å²) in [6.45, 7) is 0. The number of benzene rings is 2. The fourth-order valence-corrected chi connectivity index (χ4v) is 2.68. The summed E-state index contributed by atoms with van der Waals surface area (Å²) in [6.07, 6.45) is 3.69. The van der Waals surface area contributed by atoms with E-state index in [1.54, 1.807) is 0 Å². The summed E-state index contributed by atoms with van der Waals surface area (Å²) in [5.41, 5.74) is 0. The normalized spacial score (nSPS) is 24.1. The van der Waals surface area contributed by atoms with Crippen LogP contribution >= 0.6 is 0 Å². The lowest BCUT2D eigenvalue weighted by atomic mass is 9.95. The summed E-state index contributed by atoms with van der Waals surface area (Å²) in [6, 6.07) is 14.3. The van der Waals surface area contributed by atoms with Crippen LogP contribution in [0.5, 0.6) is 5.75 Å². The highest BCUT2D eigenvalue weighted by Gasteiger charge is 2.24. The second kappa shape index (κ2) is 4.99. The van der Waals surface area contributed by atoms with E-state index in [0.717, 1.165) is 36.8 Å². The summed E-state index contributed by atoms with van der Waals surface area (Å²) in [5, 5.41) is 12.3. The van der Waals surface area contributed by atoms with Crippen molar-refractivity contribution in [2.45, 2.75) is 37.9 Å². The number of hydrogen-bond donors (Lipinski definition) is 1. The number of hydrogen-bond acceptors (Lipinski definition) is 2. The summed E-state index contributed by atoms with van der Waals surface area (Å²) < 4.78 is 6.03. The minimum absolute atomic E-state index is 0.0513. The van der Waals surface area contributed by atoms with Crippen molar-refractivity contribution in [1.82, 2.24) is 0 Å². The lowest BCUT2D eigenvalue weighted by molar-refractivity contribution is 0.00768. The van der Waals surface area contributed by atoms with Crippen LogP contribution in [-0.4, -0.2) is 17.3 Å². The van der Waals surface area contributed by atoms with Gasteiger partial charge in [0.05, 0.1) is 6.10 Å². The lowest BCUT2D eigenvalue weighted by Gasteiger charge is -2.28. The predicted octanol–water partition coefficient (Wildman–Crippen LogP) is 3.52. The fourth-order valence-electron chi connectivity index (χ4n) is 2.68. The molecule has 2 aromatic carbocycles. The van der Waals surface area contributed by atoms with Gasteiger partial charge in [-0.05, 0) is 30.7 Å². The van der Waals surface area contributed by atoms with Crippen LogP contribution in [0.25, 0.3) is 10.8 Å². The van der Waals surface area contributed by atoms with E-state index in [1.807, 2.05) is 24.3 Å². The lowest BCUT2D eigenvalue weighted by Crippen LogP contribution is -2.34. The highest BCUT2D eigenvalue weighted by molar-refractivity contribution is 5.88. The van der Waals surface area contributed by atoms with Gasteiger partial charge in [-0.25, -0.2) is 0 Å². The predicted molar refractivity (Wildman–Crippen MR) is 72.8 cm³/mol. The van der Waals surface area contributed by atoms with Crippen LogP contribution in [-0.2, 0) is 0 Å². The number of ether oxygens (including phenoxy) is 1. The zero-order valence-electron chi connectivity index (χ0n) is 10.4. The Kier molecular flexibility index (Phi) is 3.20. The zero-order valence-corrected chi connectivity index (χ0v) is 10.4. The van der Waals surface area contributed by atoms with Crippen molar-refractivity contribution >= 4 is 10.8 Å². The molecule has 2 nitrogen and oxygen atoms in total. The molecule has 0 aromatic heterocycles. The Morgan fingerprint density at radius 3 is 2.61 bits per heavy atom. The van der Waals surface area contributed by atoms with E-state index in [-0.39, 0.29) is 12.2 Å². The molecule has 0 amide bonds. The fraction of sp³-hybridized carbons (Fsp3) is 0.375. The average Bonchev–Trinajstić information content (AvgIpc) is 2.42. The van der Waals surface area contributed by atoms with Gasteiger partial charge >= 0.3 is 0 Å². The molecule has 94 valence electrons. The smallest absolute Gasteiger partial charge is 0.127 e. The van der Waals surface area contributed by atoms with E-state index in [4.69, 9.17) is 4.74 Å². The van der Waals surface area contributed by atoms with Gasteiger partial charge < -0.3 is 9.84 Å². The van der Waals surface area contributed by atoms with E-state index in [1.165, 1.54) is 5.39 Å². The maximum atomic E-state index is 9.98. The van der Waals surface area contributed by atoms with Crippen LogP contribution in [0.2, 0.25) is 0 Å². The topological polar surface area (TPSA) is 29.5 Å². The van der Waals surface area contributed by atoms with Gasteiger partial charge in [-0.2, -0.15) is 0 Å². The Hall–Kier alpha value is -1.54. The minimum Gasteiger partial charge on any atom is -0.487 e. The third kappa shape index (κ3) is 2.21. The first-order valence-electron chi connectivity index (χ1n) is 6.67. The van der Waals surface area contributed by atoms with Gasteiger partial charge in [0, 0.05) is 5.39 Å². The van der Waals surface area contributed by atoms with E-state index in [9.17, 15) is 5.11 Å². The maximum absolute atomic E-state index is 9.98. The summed E-state index contributed by atoms with van der Waals surface area (Å²) in [7, 11) is 0. The van der Waals surface area contributed by atoms with Crippen LogP contribution in [0, 0.1) is 0 Å². The first kappa shape index (κ1) is 11.5. The van der Waals surface area contributed by atoms with E-state index in [0.29, 0.717) is 0 Å². The highest BCUT2D eigenvalue weighted by Crippen LogP contribution is 2.29. The molecule has 1 saturated carbocycles. The van der Waals surface area contributed by atoms with E-state index >= 15 is 0 Å². The molecule has 0 bridgehead atoms. The van der Waals surface area contributed by atoms with Gasteiger partial charge in [-0.1, -0.05) is 42.8 Å². The Balaban J connectivity index is 1.90. The molecular formula is C16H18O2. The standard InChI is InChI=1S/C16H18O2/c17-14-9-3-4-10-16(14)18-15-11-5-7-12-6-1-2-8-13(12)15/h1-2,5-8,11,14,16-17H,3-4,9-10H2/t14-,16-/m0/s1. The largest absolute Gasteiger partial charge is 0.487 e. The molecule has 1 N–H and O–H groups in total. The molecule has 0 radical (unpaired) electrons. The molecule has 2 aromatic rings. The van der Waals surface area contributed by atoms with Crippen molar-refractivity contribution in [3.63, 3.8) is 0 Å². The van der Waals surface area contributed by atoms with Gasteiger partial charge in [-0.15, -0.1) is 0 Å². The molecule has 0 aliphatic heterocycles. The van der Waals surface area contributed by atoms with Gasteiger partial charge in [0.15, 0.2) is 0 Å². The Morgan fingerprint density at radius 1 is 0.944 bits per heavy atom. The highest BCUT2D eigenvalue weighted by atomic mass is 16.5. The SMILES string of the molecule is O[C@H]1CCCC[C@@H]1Oc1cccc2ccccc12. The Bertz CT molecular complexity index is 530. The van der Waals surface area contributed by atoms with Gasteiger partial charge in [-0.3, -0.25) is 0 Å². The Labute approximate surface area is 107 Å². The molecule has 1 aliphatic carbocycles. The number of aliphatic hydroxyl groups excluding tert-OH is 1. The quantitative estimate of drug-likeness (QED) is 0.873. The molecule has 3 rings (SSSR count). The molecule has 2 atom stereocenters. The van der Waals surface area contributed by atoms with E-state index in [2.05, 4.69) is 18.2 Å². The van der Waals surface area contributed by atoms with E-state index < -0.39 is 0 Å². The number of aliphatic hydroxyl groups is 1. The first-order valence-corrected chi connectivity index (χ1v) is 6.67. The molecule has 1 fully saturated rings. The van der Waals surface area contributed by atoms with Crippen LogP contribution < -0.4 is 4.74 Å². The molecule has 0 heterocycles. The Morgan fingerprint density at radius 2 is 1.72 bits per heavy atom. The molecular weight excluding hydrogens is 224 g/mol. The summed E-state index contributed by atoms with van der Waals surface area (Å²) in [4.78, 5) is 0. The van der Waals surface area contributed by atoms with Crippen molar-refractivity contribution in [2.75, 3.05) is 0 Å². The third-order valence-electron chi connectivity index (χ3n) is 3.70. The van der Waals surface area contributed by atoms with Crippen molar-refractivity contribution in [3.05, 3.63) is 42.5 Å². The molecule has 2 heteroatoms. The van der Waals surface area contributed by atoms with Gasteiger partial charge in [0.25, 0.3) is 0 Å². The second-order valence-electron chi connectivity index (χ2n) is 4.99. The summed E-state index contributed by atoms with van der Waals surface area (Å²) >= 11 is 0. The molecule has 18 heavy (non-hydrogen) atoms. The maximum Gasteiger partial charge on any atom is 0.127 e. The molecule has 1 aliphatic rings.